The summed E-state index contributed by atoms with van der Waals surface area (Å²) in [5.74, 6) is -0.239. The monoisotopic (exact) mass is 412 g/mol. The van der Waals surface area contributed by atoms with Gasteiger partial charge in [-0.05, 0) is 58.4 Å². The molecule has 0 aliphatic carbocycles. The highest BCUT2D eigenvalue weighted by molar-refractivity contribution is 9.10. The number of carbonyl (C=O) groups excluding carboxylic acids is 2. The Balaban J connectivity index is 1.73. The van der Waals surface area contributed by atoms with Crippen molar-refractivity contribution in [2.24, 2.45) is 0 Å². The molecule has 2 amide bonds. The molecule has 1 aliphatic rings. The van der Waals surface area contributed by atoms with E-state index < -0.39 is 6.04 Å². The van der Waals surface area contributed by atoms with Gasteiger partial charge in [0.15, 0.2) is 0 Å². The van der Waals surface area contributed by atoms with E-state index in [2.05, 4.69) is 21.2 Å². The summed E-state index contributed by atoms with van der Waals surface area (Å²) in [5.41, 5.74) is 0.654. The van der Waals surface area contributed by atoms with Crippen molar-refractivity contribution in [1.82, 2.24) is 4.90 Å². The molecule has 1 N–H and O–H groups in total. The number of amides is 2. The van der Waals surface area contributed by atoms with Crippen LogP contribution in [0.15, 0.2) is 40.2 Å². The van der Waals surface area contributed by atoms with Gasteiger partial charge in [-0.2, -0.15) is 0 Å². The Kier molecular flexibility index (Phi) is 5.04. The highest BCUT2D eigenvalue weighted by Crippen LogP contribution is 2.27. The lowest BCUT2D eigenvalue weighted by Gasteiger charge is -2.23. The second kappa shape index (κ2) is 7.03. The standard InChI is InChI=1S/C16H14BrClN2O2S/c17-11-9-10(5-6-12(11)18)19-15(21)13-3-1-7-20(13)16(22)14-4-2-8-23-14/h2,4-6,8-9,13H,1,3,7H2,(H,19,21)/t13-/m1/s1. The van der Waals surface area contributed by atoms with E-state index in [1.165, 1.54) is 11.3 Å². The molecule has 2 heterocycles. The van der Waals surface area contributed by atoms with Gasteiger partial charge in [0.25, 0.3) is 5.91 Å². The third kappa shape index (κ3) is 3.59. The quantitative estimate of drug-likeness (QED) is 0.810. The number of nitrogens with one attached hydrogen (secondary N) is 1. The molecule has 1 saturated heterocycles. The van der Waals surface area contributed by atoms with Crippen molar-refractivity contribution in [3.63, 3.8) is 0 Å². The van der Waals surface area contributed by atoms with Gasteiger partial charge >= 0.3 is 0 Å². The van der Waals surface area contributed by atoms with Crippen LogP contribution >= 0.6 is 38.9 Å². The molecule has 3 rings (SSSR count). The fraction of sp³-hybridized carbons (Fsp3) is 0.250. The smallest absolute Gasteiger partial charge is 0.264 e. The molecule has 4 nitrogen and oxygen atoms in total. The molecule has 1 fully saturated rings. The second-order valence-electron chi connectivity index (χ2n) is 5.25. The molecule has 23 heavy (non-hydrogen) atoms. The molecular weight excluding hydrogens is 400 g/mol. The van der Waals surface area contributed by atoms with E-state index >= 15 is 0 Å². The molecule has 1 aromatic heterocycles. The molecule has 2 aromatic rings. The van der Waals surface area contributed by atoms with Crippen molar-refractivity contribution in [3.8, 4) is 0 Å². The number of halogens is 2. The van der Waals surface area contributed by atoms with Crippen molar-refractivity contribution in [1.29, 1.82) is 0 Å². The van der Waals surface area contributed by atoms with Crippen LogP contribution in [-0.4, -0.2) is 29.3 Å². The fourth-order valence-corrected chi connectivity index (χ4v) is 3.80. The summed E-state index contributed by atoms with van der Waals surface area (Å²) in [6, 6.07) is 8.40. The first-order valence-electron chi connectivity index (χ1n) is 7.16. The predicted octanol–water partition coefficient (Wildman–Crippen LogP) is 4.41. The third-order valence-electron chi connectivity index (χ3n) is 3.74. The first kappa shape index (κ1) is 16.5. The fourth-order valence-electron chi connectivity index (χ4n) is 2.62. The van der Waals surface area contributed by atoms with Gasteiger partial charge in [0.2, 0.25) is 5.91 Å². The van der Waals surface area contributed by atoms with Crippen molar-refractivity contribution >= 4 is 56.4 Å². The SMILES string of the molecule is O=C(Nc1ccc(Cl)c(Br)c1)[C@H]1CCCN1C(=O)c1cccs1. The molecule has 1 aliphatic heterocycles. The number of likely N-dealkylation sites (tertiary alicyclic amines) is 1. The van der Waals surface area contributed by atoms with Crippen LogP contribution in [0.2, 0.25) is 5.02 Å². The summed E-state index contributed by atoms with van der Waals surface area (Å²) >= 11 is 10.7. The minimum Gasteiger partial charge on any atom is -0.326 e. The van der Waals surface area contributed by atoms with Crippen LogP contribution < -0.4 is 5.32 Å². The summed E-state index contributed by atoms with van der Waals surface area (Å²) in [4.78, 5) is 27.4. The first-order chi connectivity index (χ1) is 11.1. The van der Waals surface area contributed by atoms with Crippen LogP contribution in [0.5, 0.6) is 0 Å². The van der Waals surface area contributed by atoms with Crippen molar-refractivity contribution in [2.45, 2.75) is 18.9 Å². The third-order valence-corrected chi connectivity index (χ3v) is 5.81. The number of benzene rings is 1. The lowest BCUT2D eigenvalue weighted by atomic mass is 10.2. The minimum atomic E-state index is -0.431. The zero-order valence-corrected chi connectivity index (χ0v) is 15.2. The molecule has 1 atom stereocenters. The Morgan fingerprint density at radius 3 is 2.87 bits per heavy atom. The van der Waals surface area contributed by atoms with Gasteiger partial charge in [0, 0.05) is 16.7 Å². The Bertz CT molecular complexity index is 736. The molecule has 0 saturated carbocycles. The van der Waals surface area contributed by atoms with E-state index in [9.17, 15) is 9.59 Å². The first-order valence-corrected chi connectivity index (χ1v) is 9.21. The zero-order chi connectivity index (χ0) is 16.4. The normalized spacial score (nSPS) is 17.3. The van der Waals surface area contributed by atoms with E-state index in [-0.39, 0.29) is 11.8 Å². The number of carbonyl (C=O) groups is 2. The highest BCUT2D eigenvalue weighted by atomic mass is 79.9. The lowest BCUT2D eigenvalue weighted by Crippen LogP contribution is -2.42. The Labute approximate surface area is 151 Å². The molecule has 7 heteroatoms. The van der Waals surface area contributed by atoms with Crippen molar-refractivity contribution in [2.75, 3.05) is 11.9 Å². The average Bonchev–Trinajstić information content (AvgIpc) is 3.21. The van der Waals surface area contributed by atoms with Gasteiger partial charge in [-0.25, -0.2) is 0 Å². The maximum atomic E-state index is 12.5. The predicted molar refractivity (Wildman–Crippen MR) is 96.2 cm³/mol. The Morgan fingerprint density at radius 1 is 1.35 bits per heavy atom. The highest BCUT2D eigenvalue weighted by Gasteiger charge is 2.34. The summed E-state index contributed by atoms with van der Waals surface area (Å²) < 4.78 is 0.718. The number of nitrogens with zero attached hydrogens (tertiary/aromatic N) is 1. The van der Waals surface area contributed by atoms with Crippen molar-refractivity contribution in [3.05, 3.63) is 50.1 Å². The number of hydrogen-bond acceptors (Lipinski definition) is 3. The van der Waals surface area contributed by atoms with Gasteiger partial charge in [0.05, 0.1) is 9.90 Å². The van der Waals surface area contributed by atoms with E-state index in [1.807, 2.05) is 11.4 Å². The maximum Gasteiger partial charge on any atom is 0.264 e. The summed E-state index contributed by atoms with van der Waals surface area (Å²) in [7, 11) is 0. The van der Waals surface area contributed by atoms with E-state index in [4.69, 9.17) is 11.6 Å². The molecule has 120 valence electrons. The van der Waals surface area contributed by atoms with Crippen LogP contribution in [0.25, 0.3) is 0 Å². The lowest BCUT2D eigenvalue weighted by molar-refractivity contribution is -0.119. The minimum absolute atomic E-state index is 0.0741. The number of hydrogen-bond donors (Lipinski definition) is 1. The Morgan fingerprint density at radius 2 is 2.17 bits per heavy atom. The maximum absolute atomic E-state index is 12.5. The molecular formula is C16H14BrClN2O2S. The number of anilines is 1. The zero-order valence-electron chi connectivity index (χ0n) is 12.1. The van der Waals surface area contributed by atoms with Gasteiger partial charge in [0.1, 0.15) is 6.04 Å². The van der Waals surface area contributed by atoms with Crippen LogP contribution in [0.4, 0.5) is 5.69 Å². The van der Waals surface area contributed by atoms with Gasteiger partial charge in [-0.3, -0.25) is 9.59 Å². The topological polar surface area (TPSA) is 49.4 Å². The molecule has 0 radical (unpaired) electrons. The van der Waals surface area contributed by atoms with Crippen LogP contribution in [0.1, 0.15) is 22.5 Å². The Hall–Kier alpha value is -1.37. The molecule has 0 bridgehead atoms. The summed E-state index contributed by atoms with van der Waals surface area (Å²) in [5, 5.41) is 5.31. The van der Waals surface area contributed by atoms with Gasteiger partial charge in [-0.1, -0.05) is 17.7 Å². The van der Waals surface area contributed by atoms with Crippen LogP contribution in [0, 0.1) is 0 Å². The van der Waals surface area contributed by atoms with Crippen LogP contribution in [0.3, 0.4) is 0 Å². The number of rotatable bonds is 3. The van der Waals surface area contributed by atoms with Gasteiger partial charge in [-0.15, -0.1) is 11.3 Å². The van der Waals surface area contributed by atoms with E-state index in [0.29, 0.717) is 28.6 Å². The van der Waals surface area contributed by atoms with Gasteiger partial charge < -0.3 is 10.2 Å². The molecule has 0 unspecified atom stereocenters. The molecule has 0 spiro atoms. The largest absolute Gasteiger partial charge is 0.326 e. The van der Waals surface area contributed by atoms with Crippen LogP contribution in [-0.2, 0) is 4.79 Å². The number of thiophene rings is 1. The van der Waals surface area contributed by atoms with E-state index in [1.54, 1.807) is 29.2 Å². The second-order valence-corrected chi connectivity index (χ2v) is 7.46. The average molecular weight is 414 g/mol. The van der Waals surface area contributed by atoms with Crippen molar-refractivity contribution < 1.29 is 9.59 Å². The molecule has 1 aromatic carbocycles. The summed E-state index contributed by atoms with van der Waals surface area (Å²) in [6.45, 7) is 0.610. The summed E-state index contributed by atoms with van der Waals surface area (Å²) in [6.07, 6.45) is 1.51. The van der Waals surface area contributed by atoms with E-state index in [0.717, 1.165) is 10.9 Å².